The summed E-state index contributed by atoms with van der Waals surface area (Å²) in [6, 6.07) is 10.6. The first-order valence-electron chi connectivity index (χ1n) is 5.46. The molecular formula is C14H10BrFO3. The molecule has 1 N–H and O–H groups in total. The summed E-state index contributed by atoms with van der Waals surface area (Å²) in [6.07, 6.45) is 0. The molecule has 0 amide bonds. The Morgan fingerprint density at radius 3 is 2.68 bits per heavy atom. The number of rotatable bonds is 4. The second-order valence-corrected chi connectivity index (χ2v) is 4.72. The van der Waals surface area contributed by atoms with Crippen LogP contribution in [0.15, 0.2) is 46.9 Å². The zero-order valence-corrected chi connectivity index (χ0v) is 11.4. The van der Waals surface area contributed by atoms with E-state index in [-0.39, 0.29) is 18.0 Å². The Labute approximate surface area is 117 Å². The normalized spacial score (nSPS) is 10.2. The number of benzene rings is 2. The Morgan fingerprint density at radius 2 is 2.05 bits per heavy atom. The van der Waals surface area contributed by atoms with E-state index in [0.717, 1.165) is 0 Å². The third-order valence-electron chi connectivity index (χ3n) is 2.46. The first-order valence-corrected chi connectivity index (χ1v) is 6.25. The highest BCUT2D eigenvalue weighted by atomic mass is 79.9. The van der Waals surface area contributed by atoms with Crippen LogP contribution in [0.2, 0.25) is 0 Å². The molecule has 98 valence electrons. The topological polar surface area (TPSA) is 46.5 Å². The summed E-state index contributed by atoms with van der Waals surface area (Å²) >= 11 is 3.24. The standard InChI is InChI=1S/C14H10BrFO3/c15-12-7-10(14(17)18)4-5-13(12)19-8-9-2-1-3-11(16)6-9/h1-7H,8H2,(H,17,18). The van der Waals surface area contributed by atoms with Gasteiger partial charge in [0.1, 0.15) is 18.2 Å². The van der Waals surface area contributed by atoms with Gasteiger partial charge in [0.2, 0.25) is 0 Å². The van der Waals surface area contributed by atoms with Crippen LogP contribution in [-0.2, 0) is 6.61 Å². The molecule has 2 rings (SSSR count). The van der Waals surface area contributed by atoms with E-state index in [1.165, 1.54) is 24.3 Å². The van der Waals surface area contributed by atoms with Crippen molar-refractivity contribution in [2.24, 2.45) is 0 Å². The van der Waals surface area contributed by atoms with Crippen LogP contribution in [0.4, 0.5) is 4.39 Å². The van der Waals surface area contributed by atoms with Crippen LogP contribution in [0.25, 0.3) is 0 Å². The number of carbonyl (C=O) groups is 1. The zero-order chi connectivity index (χ0) is 13.8. The van der Waals surface area contributed by atoms with Crippen molar-refractivity contribution >= 4 is 21.9 Å². The van der Waals surface area contributed by atoms with Crippen molar-refractivity contribution < 1.29 is 19.0 Å². The van der Waals surface area contributed by atoms with Gasteiger partial charge < -0.3 is 9.84 Å². The largest absolute Gasteiger partial charge is 0.488 e. The summed E-state index contributed by atoms with van der Waals surface area (Å²) in [5.41, 5.74) is 0.874. The van der Waals surface area contributed by atoms with Crippen molar-refractivity contribution in [1.29, 1.82) is 0 Å². The van der Waals surface area contributed by atoms with Crippen LogP contribution in [0.5, 0.6) is 5.75 Å². The van der Waals surface area contributed by atoms with Gasteiger partial charge in [0, 0.05) is 0 Å². The van der Waals surface area contributed by atoms with Crippen LogP contribution in [0, 0.1) is 5.82 Å². The maximum atomic E-state index is 13.0. The molecule has 5 heteroatoms. The lowest BCUT2D eigenvalue weighted by Crippen LogP contribution is -1.99. The summed E-state index contributed by atoms with van der Waals surface area (Å²) < 4.78 is 19.0. The average Bonchev–Trinajstić information content (AvgIpc) is 2.37. The van der Waals surface area contributed by atoms with E-state index in [4.69, 9.17) is 9.84 Å². The average molecular weight is 325 g/mol. The Bertz CT molecular complexity index is 613. The minimum absolute atomic E-state index is 0.171. The Kier molecular flexibility index (Phi) is 4.16. The molecule has 0 bridgehead atoms. The van der Waals surface area contributed by atoms with E-state index in [1.54, 1.807) is 18.2 Å². The molecule has 3 nitrogen and oxygen atoms in total. The summed E-state index contributed by atoms with van der Waals surface area (Å²) in [7, 11) is 0. The van der Waals surface area contributed by atoms with E-state index in [2.05, 4.69) is 15.9 Å². The SMILES string of the molecule is O=C(O)c1ccc(OCc2cccc(F)c2)c(Br)c1. The van der Waals surface area contributed by atoms with Crippen molar-refractivity contribution in [2.75, 3.05) is 0 Å². The van der Waals surface area contributed by atoms with Gasteiger partial charge in [-0.1, -0.05) is 12.1 Å². The molecule has 2 aromatic carbocycles. The molecule has 0 saturated heterocycles. The van der Waals surface area contributed by atoms with Gasteiger partial charge in [-0.15, -0.1) is 0 Å². The molecule has 0 radical (unpaired) electrons. The molecule has 0 aliphatic carbocycles. The predicted molar refractivity (Wildman–Crippen MR) is 71.8 cm³/mol. The third kappa shape index (κ3) is 3.54. The quantitative estimate of drug-likeness (QED) is 0.928. The van der Waals surface area contributed by atoms with Gasteiger partial charge in [0.05, 0.1) is 10.0 Å². The lowest BCUT2D eigenvalue weighted by Gasteiger charge is -2.09. The zero-order valence-electron chi connectivity index (χ0n) is 9.77. The predicted octanol–water partition coefficient (Wildman–Crippen LogP) is 3.87. The fraction of sp³-hybridized carbons (Fsp3) is 0.0714. The molecule has 0 unspecified atom stereocenters. The van der Waals surface area contributed by atoms with E-state index in [9.17, 15) is 9.18 Å². The monoisotopic (exact) mass is 324 g/mol. The Morgan fingerprint density at radius 1 is 1.26 bits per heavy atom. The summed E-state index contributed by atoms with van der Waals surface area (Å²) in [4.78, 5) is 10.8. The summed E-state index contributed by atoms with van der Waals surface area (Å²) in [6.45, 7) is 0.211. The smallest absolute Gasteiger partial charge is 0.335 e. The fourth-order valence-corrected chi connectivity index (χ4v) is 2.03. The number of carboxylic acid groups (broad SMARTS) is 1. The molecule has 0 fully saturated rings. The minimum Gasteiger partial charge on any atom is -0.488 e. The molecule has 0 aromatic heterocycles. The number of aromatic carboxylic acids is 1. The maximum absolute atomic E-state index is 13.0. The number of carboxylic acids is 1. The van der Waals surface area contributed by atoms with Crippen molar-refractivity contribution in [3.05, 3.63) is 63.9 Å². The van der Waals surface area contributed by atoms with Crippen molar-refractivity contribution in [3.8, 4) is 5.75 Å². The van der Waals surface area contributed by atoms with Crippen molar-refractivity contribution in [1.82, 2.24) is 0 Å². The molecule has 0 aliphatic rings. The number of halogens is 2. The molecule has 0 spiro atoms. The number of hydrogen-bond donors (Lipinski definition) is 1. The second-order valence-electron chi connectivity index (χ2n) is 3.87. The molecule has 0 atom stereocenters. The first-order chi connectivity index (χ1) is 9.06. The van der Waals surface area contributed by atoms with Gasteiger partial charge in [-0.05, 0) is 51.8 Å². The molecule has 19 heavy (non-hydrogen) atoms. The van der Waals surface area contributed by atoms with E-state index in [1.807, 2.05) is 0 Å². The molecule has 0 saturated carbocycles. The van der Waals surface area contributed by atoms with Gasteiger partial charge in [0.15, 0.2) is 0 Å². The first kappa shape index (κ1) is 13.5. The van der Waals surface area contributed by atoms with E-state index in [0.29, 0.717) is 15.8 Å². The van der Waals surface area contributed by atoms with Crippen LogP contribution < -0.4 is 4.74 Å². The van der Waals surface area contributed by atoms with E-state index >= 15 is 0 Å². The highest BCUT2D eigenvalue weighted by Crippen LogP contribution is 2.26. The summed E-state index contributed by atoms with van der Waals surface area (Å²) in [5.74, 6) is -0.812. The molecule has 2 aromatic rings. The van der Waals surface area contributed by atoms with E-state index < -0.39 is 5.97 Å². The van der Waals surface area contributed by atoms with Crippen molar-refractivity contribution in [3.63, 3.8) is 0 Å². The summed E-state index contributed by atoms with van der Waals surface area (Å²) in [5, 5.41) is 8.84. The van der Waals surface area contributed by atoms with Crippen LogP contribution in [-0.4, -0.2) is 11.1 Å². The van der Waals surface area contributed by atoms with Crippen LogP contribution >= 0.6 is 15.9 Å². The lowest BCUT2D eigenvalue weighted by molar-refractivity contribution is 0.0696. The Hall–Kier alpha value is -1.88. The highest BCUT2D eigenvalue weighted by molar-refractivity contribution is 9.10. The van der Waals surface area contributed by atoms with Gasteiger partial charge in [-0.3, -0.25) is 0 Å². The van der Waals surface area contributed by atoms with Crippen molar-refractivity contribution in [2.45, 2.75) is 6.61 Å². The third-order valence-corrected chi connectivity index (χ3v) is 3.08. The van der Waals surface area contributed by atoms with Crippen LogP contribution in [0.3, 0.4) is 0 Å². The minimum atomic E-state index is -1.00. The molecule has 0 aliphatic heterocycles. The maximum Gasteiger partial charge on any atom is 0.335 e. The lowest BCUT2D eigenvalue weighted by atomic mass is 10.2. The number of hydrogen-bond acceptors (Lipinski definition) is 2. The van der Waals surface area contributed by atoms with Gasteiger partial charge >= 0.3 is 5.97 Å². The van der Waals surface area contributed by atoms with Crippen LogP contribution in [0.1, 0.15) is 15.9 Å². The van der Waals surface area contributed by atoms with Gasteiger partial charge in [-0.25, -0.2) is 9.18 Å². The fourth-order valence-electron chi connectivity index (χ4n) is 1.54. The second kappa shape index (κ2) is 5.84. The van der Waals surface area contributed by atoms with Gasteiger partial charge in [-0.2, -0.15) is 0 Å². The Balaban J connectivity index is 2.10. The molecular weight excluding hydrogens is 315 g/mol. The number of ether oxygens (including phenoxy) is 1. The molecule has 0 heterocycles. The highest BCUT2D eigenvalue weighted by Gasteiger charge is 2.07. The van der Waals surface area contributed by atoms with Gasteiger partial charge in [0.25, 0.3) is 0 Å².